The topological polar surface area (TPSA) is 70.1 Å². The molecular formula is C10H19N3O. The van der Waals surface area contributed by atoms with Gasteiger partial charge < -0.3 is 10.6 Å². The summed E-state index contributed by atoms with van der Waals surface area (Å²) in [6, 6.07) is 2.04. The lowest BCUT2D eigenvalue weighted by molar-refractivity contribution is -0.132. The minimum Gasteiger partial charge on any atom is -0.342 e. The molecule has 2 unspecified atom stereocenters. The third-order valence-electron chi connectivity index (χ3n) is 2.37. The first-order valence-corrected chi connectivity index (χ1v) is 4.85. The predicted molar refractivity (Wildman–Crippen MR) is 55.3 cm³/mol. The Morgan fingerprint density at radius 2 is 2.14 bits per heavy atom. The molecule has 0 saturated heterocycles. The van der Waals surface area contributed by atoms with Gasteiger partial charge in [-0.2, -0.15) is 5.26 Å². The van der Waals surface area contributed by atoms with Crippen LogP contribution in [0.3, 0.4) is 0 Å². The molecule has 0 aliphatic rings. The highest BCUT2D eigenvalue weighted by Crippen LogP contribution is 2.07. The van der Waals surface area contributed by atoms with E-state index in [1.165, 1.54) is 0 Å². The Hall–Kier alpha value is -1.08. The quantitative estimate of drug-likeness (QED) is 0.706. The second-order valence-corrected chi connectivity index (χ2v) is 3.76. The number of nitriles is 1. The van der Waals surface area contributed by atoms with Crippen molar-refractivity contribution < 1.29 is 4.79 Å². The fourth-order valence-corrected chi connectivity index (χ4v) is 1.04. The number of nitrogens with zero attached hydrogens (tertiary/aromatic N) is 2. The number of amides is 1. The fraction of sp³-hybridized carbons (Fsp3) is 0.800. The van der Waals surface area contributed by atoms with Gasteiger partial charge in [-0.15, -0.1) is 0 Å². The molecule has 4 nitrogen and oxygen atoms in total. The largest absolute Gasteiger partial charge is 0.342 e. The van der Waals surface area contributed by atoms with Crippen LogP contribution in [-0.4, -0.2) is 30.4 Å². The van der Waals surface area contributed by atoms with Crippen LogP contribution in [0, 0.1) is 17.2 Å². The molecule has 0 rings (SSSR count). The third-order valence-corrected chi connectivity index (χ3v) is 2.37. The molecule has 1 amide bonds. The van der Waals surface area contributed by atoms with Crippen molar-refractivity contribution in [3.8, 4) is 6.07 Å². The van der Waals surface area contributed by atoms with Crippen LogP contribution in [0.4, 0.5) is 0 Å². The van der Waals surface area contributed by atoms with E-state index in [0.717, 1.165) is 0 Å². The molecule has 0 radical (unpaired) electrons. The molecule has 0 aromatic rings. The van der Waals surface area contributed by atoms with Crippen LogP contribution >= 0.6 is 0 Å². The number of nitrogens with two attached hydrogens (primary N) is 1. The molecule has 0 aliphatic heterocycles. The zero-order valence-corrected chi connectivity index (χ0v) is 9.16. The lowest BCUT2D eigenvalue weighted by atomic mass is 10.1. The van der Waals surface area contributed by atoms with Gasteiger partial charge in [0.05, 0.1) is 12.5 Å². The van der Waals surface area contributed by atoms with Crippen molar-refractivity contribution in [3.05, 3.63) is 0 Å². The van der Waals surface area contributed by atoms with E-state index in [0.29, 0.717) is 19.4 Å². The van der Waals surface area contributed by atoms with E-state index in [4.69, 9.17) is 11.0 Å². The van der Waals surface area contributed by atoms with Crippen LogP contribution in [0.1, 0.15) is 26.7 Å². The molecule has 0 saturated carbocycles. The monoisotopic (exact) mass is 197 g/mol. The lowest BCUT2D eigenvalue weighted by Crippen LogP contribution is -2.36. The minimum atomic E-state index is -0.0162. The second-order valence-electron chi connectivity index (χ2n) is 3.76. The van der Waals surface area contributed by atoms with Crippen LogP contribution < -0.4 is 5.73 Å². The van der Waals surface area contributed by atoms with E-state index in [1.807, 2.05) is 13.8 Å². The molecule has 14 heavy (non-hydrogen) atoms. The first-order valence-electron chi connectivity index (χ1n) is 4.85. The molecule has 80 valence electrons. The zero-order valence-electron chi connectivity index (χ0n) is 9.16. The maximum atomic E-state index is 11.6. The van der Waals surface area contributed by atoms with E-state index in [1.54, 1.807) is 11.9 Å². The average molecular weight is 197 g/mol. The maximum absolute atomic E-state index is 11.6. The Morgan fingerprint density at radius 1 is 1.57 bits per heavy atom. The predicted octanol–water partition coefficient (Wildman–Crippen LogP) is 0.732. The molecule has 0 aliphatic carbocycles. The van der Waals surface area contributed by atoms with Gasteiger partial charge in [0.15, 0.2) is 0 Å². The Balaban J connectivity index is 4.05. The molecule has 4 heteroatoms. The zero-order chi connectivity index (χ0) is 11.1. The standard InChI is InChI=1S/C10H19N3O/c1-8(7-12)6-10(14)13(3)9(2)4-5-11/h8-9H,4,6-7,12H2,1-3H3. The summed E-state index contributed by atoms with van der Waals surface area (Å²) in [5, 5.41) is 8.49. The van der Waals surface area contributed by atoms with Gasteiger partial charge in [0.2, 0.25) is 5.91 Å². The lowest BCUT2D eigenvalue weighted by Gasteiger charge is -2.24. The number of rotatable bonds is 5. The van der Waals surface area contributed by atoms with Gasteiger partial charge in [-0.25, -0.2) is 0 Å². The van der Waals surface area contributed by atoms with Crippen LogP contribution in [0.2, 0.25) is 0 Å². The molecule has 0 heterocycles. The van der Waals surface area contributed by atoms with Crippen LogP contribution in [0.5, 0.6) is 0 Å². The number of hydrogen-bond acceptors (Lipinski definition) is 3. The highest BCUT2D eigenvalue weighted by atomic mass is 16.2. The minimum absolute atomic E-state index is 0.0162. The van der Waals surface area contributed by atoms with Crippen LogP contribution in [0.15, 0.2) is 0 Å². The maximum Gasteiger partial charge on any atom is 0.222 e. The molecule has 2 N–H and O–H groups in total. The summed E-state index contributed by atoms with van der Waals surface area (Å²) < 4.78 is 0. The van der Waals surface area contributed by atoms with Gasteiger partial charge in [0.25, 0.3) is 0 Å². The summed E-state index contributed by atoms with van der Waals surface area (Å²) >= 11 is 0. The normalized spacial score (nSPS) is 14.2. The van der Waals surface area contributed by atoms with Gasteiger partial charge in [-0.3, -0.25) is 4.79 Å². The van der Waals surface area contributed by atoms with Gasteiger partial charge in [-0.1, -0.05) is 6.92 Å². The second kappa shape index (κ2) is 6.39. The highest BCUT2D eigenvalue weighted by molar-refractivity contribution is 5.76. The number of carbonyl (C=O) groups excluding carboxylic acids is 1. The van der Waals surface area contributed by atoms with Gasteiger partial charge in [-0.05, 0) is 19.4 Å². The molecule has 0 bridgehead atoms. The van der Waals surface area contributed by atoms with Crippen LogP contribution in [-0.2, 0) is 4.79 Å². The smallest absolute Gasteiger partial charge is 0.222 e. The van der Waals surface area contributed by atoms with Crippen molar-refractivity contribution in [2.24, 2.45) is 11.7 Å². The molecular weight excluding hydrogens is 178 g/mol. The molecule has 0 spiro atoms. The van der Waals surface area contributed by atoms with E-state index >= 15 is 0 Å². The summed E-state index contributed by atoms with van der Waals surface area (Å²) in [5.74, 6) is 0.268. The van der Waals surface area contributed by atoms with Crippen molar-refractivity contribution in [2.75, 3.05) is 13.6 Å². The van der Waals surface area contributed by atoms with E-state index in [-0.39, 0.29) is 17.9 Å². The first kappa shape index (κ1) is 12.9. The van der Waals surface area contributed by atoms with E-state index in [9.17, 15) is 4.79 Å². The summed E-state index contributed by atoms with van der Waals surface area (Å²) in [6.45, 7) is 4.33. The highest BCUT2D eigenvalue weighted by Gasteiger charge is 2.16. The molecule has 0 aromatic heterocycles. The number of hydrogen-bond donors (Lipinski definition) is 1. The van der Waals surface area contributed by atoms with E-state index < -0.39 is 0 Å². The van der Waals surface area contributed by atoms with Gasteiger partial charge in [0.1, 0.15) is 0 Å². The Kier molecular flexibility index (Phi) is 5.89. The fourth-order valence-electron chi connectivity index (χ4n) is 1.04. The van der Waals surface area contributed by atoms with Crippen molar-refractivity contribution in [1.82, 2.24) is 4.90 Å². The summed E-state index contributed by atoms with van der Waals surface area (Å²) in [7, 11) is 1.73. The molecule has 0 aromatic carbocycles. The first-order chi connectivity index (χ1) is 6.52. The Bertz CT molecular complexity index is 222. The van der Waals surface area contributed by atoms with Gasteiger partial charge in [0, 0.05) is 19.5 Å². The molecule has 2 atom stereocenters. The average Bonchev–Trinajstić information content (AvgIpc) is 2.16. The number of carbonyl (C=O) groups is 1. The summed E-state index contributed by atoms with van der Waals surface area (Å²) in [5.41, 5.74) is 5.43. The van der Waals surface area contributed by atoms with Gasteiger partial charge >= 0.3 is 0 Å². The van der Waals surface area contributed by atoms with Crippen molar-refractivity contribution in [3.63, 3.8) is 0 Å². The van der Waals surface area contributed by atoms with Crippen molar-refractivity contribution >= 4 is 5.91 Å². The van der Waals surface area contributed by atoms with Crippen molar-refractivity contribution in [1.29, 1.82) is 5.26 Å². The summed E-state index contributed by atoms with van der Waals surface area (Å²) in [4.78, 5) is 13.2. The van der Waals surface area contributed by atoms with E-state index in [2.05, 4.69) is 6.07 Å². The SMILES string of the molecule is CC(CN)CC(=O)N(C)C(C)CC#N. The summed E-state index contributed by atoms with van der Waals surface area (Å²) in [6.07, 6.45) is 0.835. The van der Waals surface area contributed by atoms with Crippen molar-refractivity contribution in [2.45, 2.75) is 32.7 Å². The Morgan fingerprint density at radius 3 is 2.57 bits per heavy atom. The third kappa shape index (κ3) is 4.24. The Labute approximate surface area is 85.7 Å². The van der Waals surface area contributed by atoms with Crippen LogP contribution in [0.25, 0.3) is 0 Å². The molecule has 0 fully saturated rings.